The fourth-order valence-electron chi connectivity index (χ4n) is 2.42. The maximum absolute atomic E-state index is 12.3. The zero-order valence-corrected chi connectivity index (χ0v) is 15.7. The molecule has 2 rings (SSSR count). The Hall–Kier alpha value is -2.53. The van der Waals surface area contributed by atoms with Crippen molar-refractivity contribution in [3.63, 3.8) is 0 Å². The van der Waals surface area contributed by atoms with Gasteiger partial charge in [0, 0.05) is 5.57 Å². The number of aliphatic imine (C=N–C) groups is 1. The summed E-state index contributed by atoms with van der Waals surface area (Å²) in [6.07, 6.45) is 4.61. The van der Waals surface area contributed by atoms with Gasteiger partial charge in [-0.25, -0.2) is 4.79 Å². The molecule has 1 aliphatic rings. The molecule has 0 amide bonds. The van der Waals surface area contributed by atoms with Crippen LogP contribution >= 0.6 is 0 Å². The van der Waals surface area contributed by atoms with Gasteiger partial charge >= 0.3 is 5.97 Å². The van der Waals surface area contributed by atoms with Crippen molar-refractivity contribution in [1.82, 2.24) is 0 Å². The molecule has 1 atom stereocenters. The van der Waals surface area contributed by atoms with Crippen LogP contribution in [0.1, 0.15) is 32.8 Å². The van der Waals surface area contributed by atoms with Crippen molar-refractivity contribution in [1.29, 1.82) is 0 Å². The van der Waals surface area contributed by atoms with Crippen LogP contribution in [-0.2, 0) is 25.7 Å². The van der Waals surface area contributed by atoms with E-state index in [1.807, 2.05) is 51.1 Å². The molecule has 0 radical (unpaired) electrons. The molecule has 1 aromatic rings. The average Bonchev–Trinajstić information content (AvgIpc) is 2.64. The van der Waals surface area contributed by atoms with Crippen LogP contribution in [0.2, 0.25) is 0 Å². The number of hydrogen-bond acceptors (Lipinski definition) is 5. The van der Waals surface area contributed by atoms with Gasteiger partial charge in [0.2, 0.25) is 5.78 Å². The highest BCUT2D eigenvalue weighted by molar-refractivity contribution is 6.36. The van der Waals surface area contributed by atoms with E-state index < -0.39 is 12.1 Å². The number of esters is 1. The highest BCUT2D eigenvalue weighted by atomic mass is 16.5. The maximum Gasteiger partial charge on any atom is 0.336 e. The molecule has 0 saturated carbocycles. The van der Waals surface area contributed by atoms with Crippen molar-refractivity contribution in [2.75, 3.05) is 7.11 Å². The smallest absolute Gasteiger partial charge is 0.336 e. The molecule has 5 nitrogen and oxygen atoms in total. The molecule has 5 heteroatoms. The Morgan fingerprint density at radius 3 is 2.54 bits per heavy atom. The molecule has 0 saturated heterocycles. The second-order valence-electron chi connectivity index (χ2n) is 7.06. The van der Waals surface area contributed by atoms with Crippen molar-refractivity contribution in [3.8, 4) is 0 Å². The van der Waals surface area contributed by atoms with Crippen LogP contribution in [0.3, 0.4) is 0 Å². The predicted molar refractivity (Wildman–Crippen MR) is 101 cm³/mol. The van der Waals surface area contributed by atoms with E-state index in [1.54, 1.807) is 12.2 Å². The standard InChI is InChI=1S/C21H25NO4/c1-21(2,3)22-13-18(23)16-10-11-19(17(12-16)20(24)25-4)26-14-15-8-6-5-7-9-15/h5-10,12-13,19H,11,14H2,1-4H3. The number of rotatable bonds is 6. The highest BCUT2D eigenvalue weighted by Gasteiger charge is 2.27. The largest absolute Gasteiger partial charge is 0.466 e. The summed E-state index contributed by atoms with van der Waals surface area (Å²) in [6.45, 7) is 6.11. The molecule has 1 aromatic carbocycles. The van der Waals surface area contributed by atoms with E-state index in [0.29, 0.717) is 24.2 Å². The van der Waals surface area contributed by atoms with Crippen molar-refractivity contribution in [3.05, 3.63) is 59.2 Å². The van der Waals surface area contributed by atoms with Crippen molar-refractivity contribution < 1.29 is 19.1 Å². The Bertz CT molecular complexity index is 739. The number of methoxy groups -OCH3 is 1. The Balaban J connectivity index is 2.13. The predicted octanol–water partition coefficient (Wildman–Crippen LogP) is 3.44. The van der Waals surface area contributed by atoms with E-state index in [9.17, 15) is 9.59 Å². The van der Waals surface area contributed by atoms with E-state index in [2.05, 4.69) is 4.99 Å². The molecule has 1 unspecified atom stereocenters. The topological polar surface area (TPSA) is 65.0 Å². The van der Waals surface area contributed by atoms with Crippen LogP contribution in [-0.4, -0.2) is 36.7 Å². The maximum atomic E-state index is 12.3. The van der Waals surface area contributed by atoms with Gasteiger partial charge < -0.3 is 9.47 Å². The fraction of sp³-hybridized carbons (Fsp3) is 0.381. The van der Waals surface area contributed by atoms with Crippen molar-refractivity contribution >= 4 is 18.0 Å². The zero-order valence-electron chi connectivity index (χ0n) is 15.7. The molecular formula is C21H25NO4. The first kappa shape index (κ1) is 19.8. The summed E-state index contributed by atoms with van der Waals surface area (Å²) in [4.78, 5) is 28.7. The fourth-order valence-corrected chi connectivity index (χ4v) is 2.42. The molecule has 0 fully saturated rings. The minimum Gasteiger partial charge on any atom is -0.466 e. The Kier molecular flexibility index (Phi) is 6.64. The minimum atomic E-state index is -0.491. The van der Waals surface area contributed by atoms with Gasteiger partial charge in [-0.15, -0.1) is 0 Å². The van der Waals surface area contributed by atoms with Gasteiger partial charge in [-0.1, -0.05) is 36.4 Å². The monoisotopic (exact) mass is 355 g/mol. The molecule has 0 aliphatic heterocycles. The van der Waals surface area contributed by atoms with Crippen LogP contribution < -0.4 is 0 Å². The molecule has 138 valence electrons. The van der Waals surface area contributed by atoms with E-state index in [-0.39, 0.29) is 11.3 Å². The molecule has 0 spiro atoms. The lowest BCUT2D eigenvalue weighted by atomic mass is 9.94. The number of carbonyl (C=O) groups excluding carboxylic acids is 2. The summed E-state index contributed by atoms with van der Waals surface area (Å²) >= 11 is 0. The normalized spacial score (nSPS) is 17.6. The molecular weight excluding hydrogens is 330 g/mol. The number of ether oxygens (including phenoxy) is 2. The van der Waals surface area contributed by atoms with Gasteiger partial charge in [0.05, 0.1) is 37.1 Å². The average molecular weight is 355 g/mol. The molecule has 0 heterocycles. The van der Waals surface area contributed by atoms with Gasteiger partial charge in [-0.05, 0) is 38.8 Å². The van der Waals surface area contributed by atoms with Crippen LogP contribution in [0.15, 0.2) is 58.6 Å². The first-order valence-electron chi connectivity index (χ1n) is 8.55. The number of ketones is 1. The van der Waals surface area contributed by atoms with E-state index >= 15 is 0 Å². The van der Waals surface area contributed by atoms with Gasteiger partial charge in [0.25, 0.3) is 0 Å². The van der Waals surface area contributed by atoms with Crippen molar-refractivity contribution in [2.45, 2.75) is 45.4 Å². The summed E-state index contributed by atoms with van der Waals surface area (Å²) in [6, 6.07) is 9.71. The Morgan fingerprint density at radius 2 is 1.92 bits per heavy atom. The second kappa shape index (κ2) is 8.72. The second-order valence-corrected chi connectivity index (χ2v) is 7.06. The van der Waals surface area contributed by atoms with E-state index in [4.69, 9.17) is 9.47 Å². The molecule has 0 bridgehead atoms. The molecule has 0 aromatic heterocycles. The van der Waals surface area contributed by atoms with Crippen molar-refractivity contribution in [2.24, 2.45) is 4.99 Å². The first-order chi connectivity index (χ1) is 12.3. The summed E-state index contributed by atoms with van der Waals surface area (Å²) < 4.78 is 10.7. The third-order valence-electron chi connectivity index (χ3n) is 3.78. The van der Waals surface area contributed by atoms with Crippen LogP contribution in [0, 0.1) is 0 Å². The van der Waals surface area contributed by atoms with Crippen LogP contribution in [0.4, 0.5) is 0 Å². The summed E-state index contributed by atoms with van der Waals surface area (Å²) in [5.74, 6) is -0.725. The summed E-state index contributed by atoms with van der Waals surface area (Å²) in [5.41, 5.74) is 1.46. The van der Waals surface area contributed by atoms with Crippen LogP contribution in [0.25, 0.3) is 0 Å². The number of Topliss-reactive ketones (excluding diaryl/α,β-unsaturated/α-hetero) is 1. The van der Waals surface area contributed by atoms with Gasteiger partial charge in [0.1, 0.15) is 0 Å². The Morgan fingerprint density at radius 1 is 1.23 bits per heavy atom. The number of hydrogen-bond donors (Lipinski definition) is 0. The lowest BCUT2D eigenvalue weighted by Crippen LogP contribution is -2.26. The first-order valence-corrected chi connectivity index (χ1v) is 8.55. The number of carbonyl (C=O) groups is 2. The third-order valence-corrected chi connectivity index (χ3v) is 3.78. The number of allylic oxidation sites excluding steroid dienone is 2. The Labute approximate surface area is 154 Å². The molecule has 0 N–H and O–H groups in total. The lowest BCUT2D eigenvalue weighted by Gasteiger charge is -2.22. The molecule has 26 heavy (non-hydrogen) atoms. The number of nitrogens with zero attached hydrogens (tertiary/aromatic N) is 1. The summed E-state index contributed by atoms with van der Waals surface area (Å²) in [7, 11) is 1.32. The van der Waals surface area contributed by atoms with Gasteiger partial charge in [-0.2, -0.15) is 0 Å². The highest BCUT2D eigenvalue weighted by Crippen LogP contribution is 2.23. The minimum absolute atomic E-state index is 0.233. The molecule has 1 aliphatic carbocycles. The van der Waals surface area contributed by atoms with E-state index in [1.165, 1.54) is 13.3 Å². The van der Waals surface area contributed by atoms with Gasteiger partial charge in [0.15, 0.2) is 0 Å². The number of benzene rings is 1. The lowest BCUT2D eigenvalue weighted by molar-refractivity contribution is -0.137. The third kappa shape index (κ3) is 5.77. The SMILES string of the molecule is COC(=O)C1=CC(C(=O)C=NC(C)(C)C)=CCC1OCc1ccccc1. The zero-order chi connectivity index (χ0) is 19.2. The quantitative estimate of drug-likeness (QED) is 0.579. The van der Waals surface area contributed by atoms with Gasteiger partial charge in [-0.3, -0.25) is 9.79 Å². The van der Waals surface area contributed by atoms with Crippen LogP contribution in [0.5, 0.6) is 0 Å². The van der Waals surface area contributed by atoms with E-state index in [0.717, 1.165) is 5.56 Å². The summed E-state index contributed by atoms with van der Waals surface area (Å²) in [5, 5.41) is 0.